The molecule has 0 saturated heterocycles. The molecular weight excluding hydrogens is 545 g/mol. The molecule has 0 spiro atoms. The quantitative estimate of drug-likeness (QED) is 0.126. The molecule has 0 aromatic carbocycles. The van der Waals surface area contributed by atoms with Crippen LogP contribution < -0.4 is 0 Å². The van der Waals surface area contributed by atoms with Gasteiger partial charge in [0.25, 0.3) is 40.5 Å². The average molecular weight is 565 g/mol. The molecule has 0 radical (unpaired) electrons. The van der Waals surface area contributed by atoms with Gasteiger partial charge in [-0.15, -0.1) is 0 Å². The normalized spacial score (nSPS) is 13.0. The predicted octanol–water partition coefficient (Wildman–Crippen LogP) is 0.287. The van der Waals surface area contributed by atoms with Crippen LogP contribution in [-0.4, -0.2) is 97.9 Å². The van der Waals surface area contributed by atoms with Gasteiger partial charge >= 0.3 is 0 Å². The first-order valence-electron chi connectivity index (χ1n) is 6.71. The molecule has 0 aromatic heterocycles. The highest BCUT2D eigenvalue weighted by atomic mass is 33.1. The molecular formula is C8H20O12S8. The smallest absolute Gasteiger partial charge is 0.265 e. The summed E-state index contributed by atoms with van der Waals surface area (Å²) in [5, 5.41) is 0. The summed E-state index contributed by atoms with van der Waals surface area (Å²) < 4.78 is 115. The van der Waals surface area contributed by atoms with Gasteiger partial charge in [0.1, 0.15) is 0 Å². The standard InChI is InChI=1S/2C4H10O6S4/c2*5-13(6,7)3-1-11-12-2-4-14(8,9)10/h2*1-4H2,(H,5,6,7)(H,8,9,10). The summed E-state index contributed by atoms with van der Waals surface area (Å²) in [6, 6.07) is 0. The highest BCUT2D eigenvalue weighted by molar-refractivity contribution is 8.77. The van der Waals surface area contributed by atoms with E-state index < -0.39 is 40.5 Å². The minimum atomic E-state index is -3.94. The fourth-order valence-electron chi connectivity index (χ4n) is 0.793. The van der Waals surface area contributed by atoms with Gasteiger partial charge in [0.05, 0.1) is 23.0 Å². The van der Waals surface area contributed by atoms with Crippen molar-refractivity contribution in [2.75, 3.05) is 46.0 Å². The Hall–Kier alpha value is 1.04. The Kier molecular flexibility index (Phi) is 16.7. The molecule has 0 amide bonds. The van der Waals surface area contributed by atoms with Gasteiger partial charge in [0, 0.05) is 23.0 Å². The Labute approximate surface area is 180 Å². The number of hydrogen-bond acceptors (Lipinski definition) is 12. The van der Waals surface area contributed by atoms with Crippen LogP contribution in [0.1, 0.15) is 0 Å². The van der Waals surface area contributed by atoms with Crippen LogP contribution in [0.2, 0.25) is 0 Å². The molecule has 0 unspecified atom stereocenters. The highest BCUT2D eigenvalue weighted by Gasteiger charge is 2.07. The molecule has 0 fully saturated rings. The number of rotatable bonds is 14. The monoisotopic (exact) mass is 564 g/mol. The minimum Gasteiger partial charge on any atom is -0.286 e. The fraction of sp³-hybridized carbons (Fsp3) is 1.00. The topological polar surface area (TPSA) is 217 Å². The third kappa shape index (κ3) is 34.5. The maximum Gasteiger partial charge on any atom is 0.265 e. The lowest BCUT2D eigenvalue weighted by Gasteiger charge is -1.98. The van der Waals surface area contributed by atoms with E-state index in [1.807, 2.05) is 0 Å². The van der Waals surface area contributed by atoms with Crippen molar-refractivity contribution in [3.63, 3.8) is 0 Å². The van der Waals surface area contributed by atoms with E-state index in [4.69, 9.17) is 18.2 Å². The first-order valence-corrected chi connectivity index (χ1v) is 18.1. The predicted molar refractivity (Wildman–Crippen MR) is 115 cm³/mol. The molecule has 28 heavy (non-hydrogen) atoms. The lowest BCUT2D eigenvalue weighted by atomic mass is 11.0. The summed E-state index contributed by atoms with van der Waals surface area (Å²) in [7, 11) is -11.3. The van der Waals surface area contributed by atoms with Gasteiger partial charge < -0.3 is 0 Å². The molecule has 4 N–H and O–H groups in total. The summed E-state index contributed by atoms with van der Waals surface area (Å²) in [6.45, 7) is 0. The Bertz CT molecular complexity index is 684. The van der Waals surface area contributed by atoms with Crippen LogP contribution in [0.25, 0.3) is 0 Å². The number of hydrogen-bond donors (Lipinski definition) is 4. The molecule has 0 heterocycles. The van der Waals surface area contributed by atoms with E-state index in [-0.39, 0.29) is 46.0 Å². The Morgan fingerprint density at radius 2 is 0.536 bits per heavy atom. The summed E-state index contributed by atoms with van der Waals surface area (Å²) in [4.78, 5) is 0. The SMILES string of the molecule is O=S(=O)(O)CCSSCCS(=O)(=O)O.O=S(=O)(O)CCSSCCS(=O)(=O)O. The third-order valence-corrected chi connectivity index (χ3v) is 10.6. The van der Waals surface area contributed by atoms with E-state index in [1.54, 1.807) is 0 Å². The molecule has 0 aromatic rings. The maximum absolute atomic E-state index is 10.2. The van der Waals surface area contributed by atoms with E-state index >= 15 is 0 Å². The molecule has 20 heteroatoms. The zero-order valence-corrected chi connectivity index (χ0v) is 20.5. The van der Waals surface area contributed by atoms with E-state index in [0.717, 1.165) is 43.2 Å². The first kappa shape index (κ1) is 31.2. The van der Waals surface area contributed by atoms with Crippen molar-refractivity contribution in [1.29, 1.82) is 0 Å². The van der Waals surface area contributed by atoms with Gasteiger partial charge in [-0.3, -0.25) is 18.2 Å². The molecule has 0 aliphatic rings. The van der Waals surface area contributed by atoms with Gasteiger partial charge in [0.2, 0.25) is 0 Å². The van der Waals surface area contributed by atoms with E-state index in [2.05, 4.69) is 0 Å². The van der Waals surface area contributed by atoms with Crippen LogP contribution in [0.4, 0.5) is 0 Å². The Morgan fingerprint density at radius 3 is 0.643 bits per heavy atom. The molecule has 12 nitrogen and oxygen atoms in total. The summed E-state index contributed by atoms with van der Waals surface area (Å²) >= 11 is 0. The zero-order valence-electron chi connectivity index (χ0n) is 14.0. The van der Waals surface area contributed by atoms with Gasteiger partial charge in [-0.25, -0.2) is 0 Å². The summed E-state index contributed by atoms with van der Waals surface area (Å²) in [6.07, 6.45) is 0. The molecule has 0 bridgehead atoms. The van der Waals surface area contributed by atoms with Crippen LogP contribution in [0.3, 0.4) is 0 Å². The van der Waals surface area contributed by atoms with E-state index in [9.17, 15) is 33.7 Å². The highest BCUT2D eigenvalue weighted by Crippen LogP contribution is 2.21. The van der Waals surface area contributed by atoms with Crippen molar-refractivity contribution in [3.8, 4) is 0 Å². The zero-order chi connectivity index (χ0) is 22.5. The van der Waals surface area contributed by atoms with Crippen molar-refractivity contribution in [1.82, 2.24) is 0 Å². The lowest BCUT2D eigenvalue weighted by Crippen LogP contribution is -2.07. The second kappa shape index (κ2) is 14.9. The summed E-state index contributed by atoms with van der Waals surface area (Å²) in [5.74, 6) is -0.756. The lowest BCUT2D eigenvalue weighted by molar-refractivity contribution is 0.483. The Balaban J connectivity index is 0. The molecule has 0 aliphatic heterocycles. The minimum absolute atomic E-state index is 0.176. The van der Waals surface area contributed by atoms with Crippen LogP contribution >= 0.6 is 43.2 Å². The first-order chi connectivity index (χ1) is 12.4. The van der Waals surface area contributed by atoms with Crippen molar-refractivity contribution < 1.29 is 51.9 Å². The van der Waals surface area contributed by atoms with E-state index in [1.165, 1.54) is 0 Å². The second-order valence-electron chi connectivity index (χ2n) is 4.43. The van der Waals surface area contributed by atoms with Gasteiger partial charge in [-0.05, 0) is 0 Å². The largest absolute Gasteiger partial charge is 0.286 e. The van der Waals surface area contributed by atoms with Crippen LogP contribution in [0, 0.1) is 0 Å². The van der Waals surface area contributed by atoms with E-state index in [0.29, 0.717) is 0 Å². The van der Waals surface area contributed by atoms with Crippen molar-refractivity contribution in [2.45, 2.75) is 0 Å². The van der Waals surface area contributed by atoms with Crippen molar-refractivity contribution in [3.05, 3.63) is 0 Å². The van der Waals surface area contributed by atoms with Crippen molar-refractivity contribution in [2.24, 2.45) is 0 Å². The van der Waals surface area contributed by atoms with Crippen LogP contribution in [0.15, 0.2) is 0 Å². The molecule has 0 aliphatic carbocycles. The summed E-state index contributed by atoms with van der Waals surface area (Å²) in [5.41, 5.74) is 0. The Morgan fingerprint density at radius 1 is 0.393 bits per heavy atom. The van der Waals surface area contributed by atoms with Crippen LogP contribution in [-0.2, 0) is 40.5 Å². The maximum atomic E-state index is 10.2. The van der Waals surface area contributed by atoms with Crippen molar-refractivity contribution >= 4 is 83.6 Å². The molecule has 0 rings (SSSR count). The van der Waals surface area contributed by atoms with Gasteiger partial charge in [-0.2, -0.15) is 33.7 Å². The fourth-order valence-corrected chi connectivity index (χ4v) is 9.59. The van der Waals surface area contributed by atoms with Crippen LogP contribution in [0.5, 0.6) is 0 Å². The van der Waals surface area contributed by atoms with Gasteiger partial charge in [0.15, 0.2) is 0 Å². The molecule has 172 valence electrons. The second-order valence-corrected chi connectivity index (χ2v) is 16.1. The molecule has 0 atom stereocenters. The average Bonchev–Trinajstić information content (AvgIpc) is 2.43. The van der Waals surface area contributed by atoms with Gasteiger partial charge in [-0.1, -0.05) is 43.2 Å². The molecule has 0 saturated carbocycles. The third-order valence-electron chi connectivity index (χ3n) is 1.87.